The molecule has 0 unspecified atom stereocenters. The van der Waals surface area contributed by atoms with E-state index in [4.69, 9.17) is 9.47 Å². The lowest BCUT2D eigenvalue weighted by molar-refractivity contribution is 0.122. The zero-order valence-corrected chi connectivity index (χ0v) is 19.0. The normalized spacial score (nSPS) is 21.6. The summed E-state index contributed by atoms with van der Waals surface area (Å²) in [4.78, 5) is 20.4. The third kappa shape index (κ3) is 4.67. The van der Waals surface area contributed by atoms with Crippen LogP contribution in [0.2, 0.25) is 0 Å². The van der Waals surface area contributed by atoms with Crippen LogP contribution in [0.4, 0.5) is 5.69 Å². The second kappa shape index (κ2) is 9.36. The third-order valence-electron chi connectivity index (χ3n) is 6.67. The molecule has 1 aliphatic carbocycles. The Balaban J connectivity index is 1.28. The van der Waals surface area contributed by atoms with Crippen LogP contribution in [0.5, 0.6) is 5.75 Å². The van der Waals surface area contributed by atoms with Crippen molar-refractivity contribution in [3.8, 4) is 5.75 Å². The predicted molar refractivity (Wildman–Crippen MR) is 124 cm³/mol. The fourth-order valence-corrected chi connectivity index (χ4v) is 4.81. The summed E-state index contributed by atoms with van der Waals surface area (Å²) in [5.74, 6) is 2.36. The van der Waals surface area contributed by atoms with Crippen LogP contribution in [0, 0.1) is 19.8 Å². The van der Waals surface area contributed by atoms with Crippen molar-refractivity contribution < 1.29 is 9.47 Å². The molecule has 32 heavy (non-hydrogen) atoms. The van der Waals surface area contributed by atoms with E-state index < -0.39 is 0 Å². The number of nitrogens with zero attached hydrogens (tertiary/aromatic N) is 5. The number of aryl methyl sites for hydroxylation is 2. The van der Waals surface area contributed by atoms with Gasteiger partial charge < -0.3 is 14.4 Å². The molecule has 0 N–H and O–H groups in total. The number of morpholine rings is 1. The fourth-order valence-electron chi connectivity index (χ4n) is 4.81. The van der Waals surface area contributed by atoms with Gasteiger partial charge >= 0.3 is 0 Å². The molecule has 2 fully saturated rings. The van der Waals surface area contributed by atoms with Gasteiger partial charge in [-0.25, -0.2) is 15.0 Å². The standard InChI is InChI=1S/C25H31N5O2/c1-17-16-28-18(2)29-22(17)13-19-3-5-21(6-4-19)32-24-15-20(30-9-11-31-12-10-30)14-23-25(24)27-8-7-26-23/h7-8,14-16,19,21H,3-6,9-13H2,1-2H3. The maximum absolute atomic E-state index is 6.56. The van der Waals surface area contributed by atoms with E-state index in [1.807, 2.05) is 13.1 Å². The molecule has 0 radical (unpaired) electrons. The number of anilines is 1. The molecule has 7 nitrogen and oxygen atoms in total. The molecule has 168 valence electrons. The minimum atomic E-state index is 0.213. The minimum Gasteiger partial charge on any atom is -0.488 e. The van der Waals surface area contributed by atoms with Crippen LogP contribution in [0.15, 0.2) is 30.7 Å². The zero-order chi connectivity index (χ0) is 21.9. The quantitative estimate of drug-likeness (QED) is 0.601. The maximum Gasteiger partial charge on any atom is 0.149 e. The molecule has 0 spiro atoms. The van der Waals surface area contributed by atoms with Gasteiger partial charge in [0, 0.05) is 49.1 Å². The summed E-state index contributed by atoms with van der Waals surface area (Å²) in [5, 5.41) is 0. The Morgan fingerprint density at radius 1 is 1.00 bits per heavy atom. The summed E-state index contributed by atoms with van der Waals surface area (Å²) >= 11 is 0. The lowest BCUT2D eigenvalue weighted by Crippen LogP contribution is -2.36. The Kier molecular flexibility index (Phi) is 6.17. The molecule has 5 rings (SSSR count). The fraction of sp³-hybridized carbons (Fsp3) is 0.520. The van der Waals surface area contributed by atoms with E-state index in [0.29, 0.717) is 5.92 Å². The summed E-state index contributed by atoms with van der Waals surface area (Å²) in [7, 11) is 0. The molecule has 2 aliphatic rings. The SMILES string of the molecule is Cc1ncc(C)c(CC2CCC(Oc3cc(N4CCOCC4)cc4nccnc34)CC2)n1. The maximum atomic E-state index is 6.56. The lowest BCUT2D eigenvalue weighted by atomic mass is 9.84. The number of ether oxygens (including phenoxy) is 2. The number of hydrogen-bond donors (Lipinski definition) is 0. The van der Waals surface area contributed by atoms with E-state index in [0.717, 1.165) is 86.7 Å². The van der Waals surface area contributed by atoms with E-state index in [9.17, 15) is 0 Å². The lowest BCUT2D eigenvalue weighted by Gasteiger charge is -2.31. The first kappa shape index (κ1) is 21.1. The van der Waals surface area contributed by atoms with Gasteiger partial charge in [-0.2, -0.15) is 0 Å². The van der Waals surface area contributed by atoms with Gasteiger partial charge in [0.15, 0.2) is 0 Å². The highest BCUT2D eigenvalue weighted by Crippen LogP contribution is 2.34. The molecular formula is C25H31N5O2. The molecule has 1 saturated carbocycles. The first-order valence-corrected chi connectivity index (χ1v) is 11.7. The van der Waals surface area contributed by atoms with Gasteiger partial charge in [0.05, 0.1) is 24.8 Å². The largest absolute Gasteiger partial charge is 0.488 e. The van der Waals surface area contributed by atoms with Crippen molar-refractivity contribution in [3.05, 3.63) is 47.8 Å². The third-order valence-corrected chi connectivity index (χ3v) is 6.67. The zero-order valence-electron chi connectivity index (χ0n) is 19.0. The van der Waals surface area contributed by atoms with Crippen molar-refractivity contribution in [2.45, 2.75) is 52.1 Å². The Morgan fingerprint density at radius 3 is 2.59 bits per heavy atom. The van der Waals surface area contributed by atoms with E-state index in [1.54, 1.807) is 12.4 Å². The van der Waals surface area contributed by atoms with Crippen molar-refractivity contribution in [2.75, 3.05) is 31.2 Å². The second-order valence-electron chi connectivity index (χ2n) is 8.98. The first-order valence-electron chi connectivity index (χ1n) is 11.7. The topological polar surface area (TPSA) is 73.3 Å². The molecule has 7 heteroatoms. The van der Waals surface area contributed by atoms with Crippen LogP contribution in [0.25, 0.3) is 11.0 Å². The molecule has 3 heterocycles. The number of rotatable bonds is 5. The summed E-state index contributed by atoms with van der Waals surface area (Å²) in [6, 6.07) is 4.25. The Hall–Kier alpha value is -2.80. The van der Waals surface area contributed by atoms with Gasteiger partial charge in [-0.05, 0) is 63.5 Å². The molecule has 0 amide bonds. The van der Waals surface area contributed by atoms with Crippen LogP contribution < -0.4 is 9.64 Å². The Morgan fingerprint density at radius 2 is 1.78 bits per heavy atom. The average molecular weight is 434 g/mol. The van der Waals surface area contributed by atoms with E-state index >= 15 is 0 Å². The summed E-state index contributed by atoms with van der Waals surface area (Å²) in [6.07, 6.45) is 11.1. The van der Waals surface area contributed by atoms with Crippen LogP contribution in [-0.4, -0.2) is 52.3 Å². The smallest absolute Gasteiger partial charge is 0.149 e. The molecule has 0 atom stereocenters. The van der Waals surface area contributed by atoms with Crippen LogP contribution in [0.3, 0.4) is 0 Å². The van der Waals surface area contributed by atoms with Crippen molar-refractivity contribution >= 4 is 16.7 Å². The molecular weight excluding hydrogens is 402 g/mol. The van der Waals surface area contributed by atoms with Gasteiger partial charge in [-0.15, -0.1) is 0 Å². The molecule has 1 aromatic carbocycles. The molecule has 3 aromatic rings. The number of aromatic nitrogens is 4. The summed E-state index contributed by atoms with van der Waals surface area (Å²) in [5.41, 5.74) is 5.26. The molecule has 1 aliphatic heterocycles. The highest BCUT2D eigenvalue weighted by Gasteiger charge is 2.25. The highest BCUT2D eigenvalue weighted by molar-refractivity contribution is 5.85. The molecule has 2 aromatic heterocycles. The van der Waals surface area contributed by atoms with Crippen molar-refractivity contribution in [1.29, 1.82) is 0 Å². The molecule has 0 bridgehead atoms. The van der Waals surface area contributed by atoms with Crippen LogP contribution in [-0.2, 0) is 11.2 Å². The Labute approximate surface area is 189 Å². The van der Waals surface area contributed by atoms with E-state index in [-0.39, 0.29) is 6.10 Å². The molecule has 1 saturated heterocycles. The minimum absolute atomic E-state index is 0.213. The predicted octanol–water partition coefficient (Wildman–Crippen LogP) is 4.05. The average Bonchev–Trinajstić information content (AvgIpc) is 2.83. The number of benzene rings is 1. The number of hydrogen-bond acceptors (Lipinski definition) is 7. The first-order chi connectivity index (χ1) is 15.7. The van der Waals surface area contributed by atoms with Crippen LogP contribution in [0.1, 0.15) is 42.8 Å². The Bertz CT molecular complexity index is 1080. The van der Waals surface area contributed by atoms with Gasteiger partial charge in [-0.1, -0.05) is 0 Å². The van der Waals surface area contributed by atoms with E-state index in [2.05, 4.69) is 43.9 Å². The summed E-state index contributed by atoms with van der Waals surface area (Å²) in [6.45, 7) is 7.35. The van der Waals surface area contributed by atoms with Crippen molar-refractivity contribution in [1.82, 2.24) is 19.9 Å². The van der Waals surface area contributed by atoms with Crippen molar-refractivity contribution in [3.63, 3.8) is 0 Å². The van der Waals surface area contributed by atoms with Gasteiger partial charge in [0.25, 0.3) is 0 Å². The number of fused-ring (bicyclic) bond motifs is 1. The van der Waals surface area contributed by atoms with E-state index in [1.165, 1.54) is 11.3 Å². The highest BCUT2D eigenvalue weighted by atomic mass is 16.5. The summed E-state index contributed by atoms with van der Waals surface area (Å²) < 4.78 is 12.1. The van der Waals surface area contributed by atoms with Crippen LogP contribution >= 0.6 is 0 Å². The second-order valence-corrected chi connectivity index (χ2v) is 8.98. The van der Waals surface area contributed by atoms with Crippen molar-refractivity contribution in [2.24, 2.45) is 5.92 Å². The van der Waals surface area contributed by atoms with Gasteiger partial charge in [0.1, 0.15) is 17.1 Å². The van der Waals surface area contributed by atoms with Gasteiger partial charge in [0.2, 0.25) is 0 Å². The van der Waals surface area contributed by atoms with Gasteiger partial charge in [-0.3, -0.25) is 4.98 Å². The monoisotopic (exact) mass is 433 g/mol.